The van der Waals surface area contributed by atoms with E-state index in [0.29, 0.717) is 11.3 Å². The number of rotatable bonds is 2. The molecule has 3 aromatic rings. The molecule has 0 aliphatic heterocycles. The van der Waals surface area contributed by atoms with Gasteiger partial charge in [0.2, 0.25) is 0 Å². The number of pyridine rings is 1. The average molecular weight is 238 g/mol. The molecule has 0 saturated carbocycles. The molecule has 1 amide bonds. The van der Waals surface area contributed by atoms with E-state index in [0.717, 1.165) is 11.1 Å². The van der Waals surface area contributed by atoms with Gasteiger partial charge in [-0.15, -0.1) is 0 Å². The van der Waals surface area contributed by atoms with Crippen LogP contribution in [0.25, 0.3) is 11.0 Å². The molecule has 0 bridgehead atoms. The van der Waals surface area contributed by atoms with Crippen molar-refractivity contribution in [2.75, 3.05) is 5.32 Å². The van der Waals surface area contributed by atoms with Crippen molar-refractivity contribution >= 4 is 22.6 Å². The lowest BCUT2D eigenvalue weighted by Crippen LogP contribution is -2.13. The second kappa shape index (κ2) is 4.29. The van der Waals surface area contributed by atoms with Crippen molar-refractivity contribution < 1.29 is 4.79 Å². The molecule has 0 aliphatic carbocycles. The van der Waals surface area contributed by atoms with E-state index in [9.17, 15) is 4.79 Å². The Kier molecular flexibility index (Phi) is 2.49. The highest BCUT2D eigenvalue weighted by molar-refractivity contribution is 6.03. The number of carbonyl (C=O) groups excluding carboxylic acids is 1. The van der Waals surface area contributed by atoms with Crippen molar-refractivity contribution in [3.63, 3.8) is 0 Å². The summed E-state index contributed by atoms with van der Waals surface area (Å²) in [5, 5.41) is 10.3. The Morgan fingerprint density at radius 2 is 1.94 bits per heavy atom. The van der Waals surface area contributed by atoms with Gasteiger partial charge in [-0.25, -0.2) is 4.98 Å². The zero-order valence-electron chi connectivity index (χ0n) is 9.42. The maximum Gasteiger partial charge on any atom is 0.274 e. The third kappa shape index (κ3) is 1.93. The van der Waals surface area contributed by atoms with Crippen LogP contribution in [0.4, 0.5) is 5.69 Å². The molecule has 1 aromatic carbocycles. The number of hydrogen-bond acceptors (Lipinski definition) is 3. The highest BCUT2D eigenvalue weighted by Crippen LogP contribution is 2.11. The first-order chi connectivity index (χ1) is 8.83. The minimum atomic E-state index is -0.238. The Balaban J connectivity index is 1.87. The number of nitrogens with one attached hydrogen (secondary N) is 2. The summed E-state index contributed by atoms with van der Waals surface area (Å²) < 4.78 is 0. The van der Waals surface area contributed by atoms with Crippen LogP contribution in [0.3, 0.4) is 0 Å². The number of benzene rings is 1. The van der Waals surface area contributed by atoms with Crippen LogP contribution < -0.4 is 5.32 Å². The second-order valence-electron chi connectivity index (χ2n) is 3.82. The van der Waals surface area contributed by atoms with Gasteiger partial charge in [-0.1, -0.05) is 18.2 Å². The minimum absolute atomic E-state index is 0.238. The number of carbonyl (C=O) groups is 1. The molecule has 0 fully saturated rings. The number of amides is 1. The van der Waals surface area contributed by atoms with E-state index in [4.69, 9.17) is 0 Å². The SMILES string of the molecule is O=C(Nc1ccccc1)c1ccc2cn[nH]c2n1. The second-order valence-corrected chi connectivity index (χ2v) is 3.82. The number of aromatic amines is 1. The van der Waals surface area contributed by atoms with Gasteiger partial charge < -0.3 is 5.32 Å². The third-order valence-electron chi connectivity index (χ3n) is 2.56. The molecule has 0 atom stereocenters. The summed E-state index contributed by atoms with van der Waals surface area (Å²) in [7, 11) is 0. The van der Waals surface area contributed by atoms with Gasteiger partial charge in [0.1, 0.15) is 5.69 Å². The van der Waals surface area contributed by atoms with Gasteiger partial charge >= 0.3 is 0 Å². The van der Waals surface area contributed by atoms with Crippen LogP contribution in [-0.4, -0.2) is 21.1 Å². The number of anilines is 1. The van der Waals surface area contributed by atoms with Crippen molar-refractivity contribution in [2.24, 2.45) is 0 Å². The molecule has 0 aliphatic rings. The molecule has 18 heavy (non-hydrogen) atoms. The lowest BCUT2D eigenvalue weighted by molar-refractivity contribution is 0.102. The number of aromatic nitrogens is 3. The van der Waals surface area contributed by atoms with Crippen LogP contribution in [0.2, 0.25) is 0 Å². The van der Waals surface area contributed by atoms with Crippen molar-refractivity contribution in [2.45, 2.75) is 0 Å². The van der Waals surface area contributed by atoms with E-state index in [1.54, 1.807) is 12.3 Å². The molecule has 0 radical (unpaired) electrons. The van der Waals surface area contributed by atoms with Crippen LogP contribution in [-0.2, 0) is 0 Å². The Bertz CT molecular complexity index is 690. The summed E-state index contributed by atoms with van der Waals surface area (Å²) in [6.07, 6.45) is 1.67. The number of hydrogen-bond donors (Lipinski definition) is 2. The van der Waals surface area contributed by atoms with Crippen molar-refractivity contribution in [1.29, 1.82) is 0 Å². The van der Waals surface area contributed by atoms with Crippen molar-refractivity contribution in [3.05, 3.63) is 54.4 Å². The first-order valence-corrected chi connectivity index (χ1v) is 5.49. The van der Waals surface area contributed by atoms with Crippen LogP contribution in [0.1, 0.15) is 10.5 Å². The summed E-state index contributed by atoms with van der Waals surface area (Å²) in [5.74, 6) is -0.238. The van der Waals surface area contributed by atoms with Gasteiger partial charge in [-0.05, 0) is 24.3 Å². The van der Waals surface area contributed by atoms with Crippen LogP contribution >= 0.6 is 0 Å². The predicted octanol–water partition coefficient (Wildman–Crippen LogP) is 2.21. The molecule has 0 saturated heterocycles. The van der Waals surface area contributed by atoms with Gasteiger partial charge in [0.25, 0.3) is 5.91 Å². The number of nitrogens with zero attached hydrogens (tertiary/aromatic N) is 2. The summed E-state index contributed by atoms with van der Waals surface area (Å²) in [5.41, 5.74) is 1.71. The molecule has 2 N–H and O–H groups in total. The summed E-state index contributed by atoms with van der Waals surface area (Å²) in [6.45, 7) is 0. The van der Waals surface area contributed by atoms with Gasteiger partial charge in [-0.3, -0.25) is 9.89 Å². The Labute approximate surface area is 103 Å². The molecular formula is C13H10N4O. The van der Waals surface area contributed by atoms with Gasteiger partial charge in [-0.2, -0.15) is 5.10 Å². The molecular weight excluding hydrogens is 228 g/mol. The lowest BCUT2D eigenvalue weighted by Gasteiger charge is -2.03. The number of fused-ring (bicyclic) bond motifs is 1. The van der Waals surface area contributed by atoms with E-state index in [-0.39, 0.29) is 5.91 Å². The normalized spacial score (nSPS) is 10.4. The molecule has 5 heteroatoms. The maximum atomic E-state index is 12.0. The first kappa shape index (κ1) is 10.5. The van der Waals surface area contributed by atoms with E-state index < -0.39 is 0 Å². The predicted molar refractivity (Wildman–Crippen MR) is 68.3 cm³/mol. The maximum absolute atomic E-state index is 12.0. The third-order valence-corrected chi connectivity index (χ3v) is 2.56. The minimum Gasteiger partial charge on any atom is -0.321 e. The molecule has 2 heterocycles. The standard InChI is InChI=1S/C13H10N4O/c18-13(15-10-4-2-1-3-5-10)11-7-6-9-8-14-17-12(9)16-11/h1-8H,(H,15,18)(H,14,16,17). The monoisotopic (exact) mass is 238 g/mol. The number of para-hydroxylation sites is 1. The fourth-order valence-corrected chi connectivity index (χ4v) is 1.67. The van der Waals surface area contributed by atoms with E-state index in [1.165, 1.54) is 0 Å². The molecule has 0 spiro atoms. The summed E-state index contributed by atoms with van der Waals surface area (Å²) in [4.78, 5) is 16.2. The quantitative estimate of drug-likeness (QED) is 0.719. The Hall–Kier alpha value is -2.69. The fraction of sp³-hybridized carbons (Fsp3) is 0. The van der Waals surface area contributed by atoms with E-state index >= 15 is 0 Å². The molecule has 0 unspecified atom stereocenters. The molecule has 3 rings (SSSR count). The molecule has 5 nitrogen and oxygen atoms in total. The van der Waals surface area contributed by atoms with Gasteiger partial charge in [0.05, 0.1) is 6.20 Å². The fourth-order valence-electron chi connectivity index (χ4n) is 1.67. The zero-order valence-corrected chi connectivity index (χ0v) is 9.42. The first-order valence-electron chi connectivity index (χ1n) is 5.49. The van der Waals surface area contributed by atoms with Crippen molar-refractivity contribution in [3.8, 4) is 0 Å². The van der Waals surface area contributed by atoms with E-state index in [2.05, 4.69) is 20.5 Å². The van der Waals surface area contributed by atoms with Crippen LogP contribution in [0.15, 0.2) is 48.7 Å². The highest BCUT2D eigenvalue weighted by atomic mass is 16.1. The van der Waals surface area contributed by atoms with Gasteiger partial charge in [0, 0.05) is 11.1 Å². The van der Waals surface area contributed by atoms with Gasteiger partial charge in [0.15, 0.2) is 5.65 Å². The molecule has 2 aromatic heterocycles. The van der Waals surface area contributed by atoms with Crippen LogP contribution in [0, 0.1) is 0 Å². The van der Waals surface area contributed by atoms with Crippen LogP contribution in [0.5, 0.6) is 0 Å². The summed E-state index contributed by atoms with van der Waals surface area (Å²) in [6, 6.07) is 12.8. The Morgan fingerprint density at radius 3 is 2.78 bits per heavy atom. The average Bonchev–Trinajstić information content (AvgIpc) is 2.87. The molecule has 88 valence electrons. The van der Waals surface area contributed by atoms with E-state index in [1.807, 2.05) is 36.4 Å². The Morgan fingerprint density at radius 1 is 1.11 bits per heavy atom. The summed E-state index contributed by atoms with van der Waals surface area (Å²) >= 11 is 0. The zero-order chi connectivity index (χ0) is 12.4. The highest BCUT2D eigenvalue weighted by Gasteiger charge is 2.08. The number of H-pyrrole nitrogens is 1. The largest absolute Gasteiger partial charge is 0.321 e. The van der Waals surface area contributed by atoms with Crippen molar-refractivity contribution in [1.82, 2.24) is 15.2 Å². The lowest BCUT2D eigenvalue weighted by atomic mass is 10.2. The smallest absolute Gasteiger partial charge is 0.274 e. The topological polar surface area (TPSA) is 70.7 Å².